The molecule has 0 spiro atoms. The number of benzene rings is 2. The van der Waals surface area contributed by atoms with Gasteiger partial charge in [-0.05, 0) is 36.4 Å². The molecule has 0 atom stereocenters. The van der Waals surface area contributed by atoms with Crippen LogP contribution in [0.1, 0.15) is 20.7 Å². The summed E-state index contributed by atoms with van der Waals surface area (Å²) in [5.74, 6) is -1.21. The second-order valence-electron chi connectivity index (χ2n) is 5.04. The third-order valence-corrected chi connectivity index (χ3v) is 4.20. The first-order chi connectivity index (χ1) is 12.1. The van der Waals surface area contributed by atoms with E-state index in [4.69, 9.17) is 0 Å². The summed E-state index contributed by atoms with van der Waals surface area (Å²) in [4.78, 5) is 27.9. The number of aromatic nitrogens is 1. The van der Waals surface area contributed by atoms with E-state index >= 15 is 0 Å². The van der Waals surface area contributed by atoms with Crippen molar-refractivity contribution in [3.63, 3.8) is 0 Å². The largest absolute Gasteiger partial charge is 0.465 e. The van der Waals surface area contributed by atoms with Crippen LogP contribution in [0.25, 0.3) is 11.3 Å². The number of rotatable bonds is 4. The van der Waals surface area contributed by atoms with Crippen molar-refractivity contribution in [2.24, 2.45) is 0 Å². The highest BCUT2D eigenvalue weighted by Gasteiger charge is 2.13. The van der Waals surface area contributed by atoms with Crippen LogP contribution in [-0.4, -0.2) is 24.0 Å². The van der Waals surface area contributed by atoms with E-state index in [1.165, 1.54) is 48.8 Å². The molecule has 3 rings (SSSR count). The van der Waals surface area contributed by atoms with E-state index in [-0.39, 0.29) is 11.7 Å². The maximum atomic E-state index is 13.8. The molecule has 0 unspecified atom stereocenters. The van der Waals surface area contributed by atoms with Gasteiger partial charge in [-0.1, -0.05) is 12.1 Å². The zero-order chi connectivity index (χ0) is 17.8. The minimum Gasteiger partial charge on any atom is -0.465 e. The fourth-order valence-electron chi connectivity index (χ4n) is 2.17. The number of anilines is 1. The average Bonchev–Trinajstić information content (AvgIpc) is 3.09. The summed E-state index contributed by atoms with van der Waals surface area (Å²) in [6.45, 7) is 0. The number of nitrogens with zero attached hydrogens (tertiary/aromatic N) is 1. The summed E-state index contributed by atoms with van der Waals surface area (Å²) >= 11 is 1.20. The monoisotopic (exact) mass is 356 g/mol. The minimum absolute atomic E-state index is 0.357. The fourth-order valence-corrected chi connectivity index (χ4v) is 2.87. The van der Waals surface area contributed by atoms with Crippen LogP contribution in [0.3, 0.4) is 0 Å². The quantitative estimate of drug-likeness (QED) is 0.718. The zero-order valence-corrected chi connectivity index (χ0v) is 14.0. The highest BCUT2D eigenvalue weighted by Crippen LogP contribution is 2.27. The Balaban J connectivity index is 1.74. The van der Waals surface area contributed by atoms with Crippen molar-refractivity contribution in [2.75, 3.05) is 12.4 Å². The van der Waals surface area contributed by atoms with Gasteiger partial charge in [-0.3, -0.25) is 10.1 Å². The standard InChI is InChI=1S/C18H13FN2O3S/c1-24-17(23)12-8-6-11(7-9-12)16(22)21-18-20-15(10-25-18)13-4-2-3-5-14(13)19/h2-10H,1H3,(H,20,21,22). The molecule has 5 nitrogen and oxygen atoms in total. The molecule has 1 aromatic heterocycles. The molecule has 0 aliphatic rings. The van der Waals surface area contributed by atoms with Crippen LogP contribution in [-0.2, 0) is 4.74 Å². The molecule has 0 aliphatic heterocycles. The Bertz CT molecular complexity index is 922. The van der Waals surface area contributed by atoms with Crippen LogP contribution < -0.4 is 5.32 Å². The molecule has 1 N–H and O–H groups in total. The van der Waals surface area contributed by atoms with Gasteiger partial charge in [0.2, 0.25) is 0 Å². The zero-order valence-electron chi connectivity index (χ0n) is 13.2. The summed E-state index contributed by atoms with van der Waals surface area (Å²) in [6, 6.07) is 12.4. The van der Waals surface area contributed by atoms with Crippen LogP contribution in [0.2, 0.25) is 0 Å². The first-order valence-corrected chi connectivity index (χ1v) is 8.16. The third kappa shape index (κ3) is 3.72. The summed E-state index contributed by atoms with van der Waals surface area (Å²) < 4.78 is 18.4. The lowest BCUT2D eigenvalue weighted by Gasteiger charge is -2.03. The van der Waals surface area contributed by atoms with E-state index in [1.807, 2.05) is 0 Å². The number of carbonyl (C=O) groups is 2. The van der Waals surface area contributed by atoms with Crippen molar-refractivity contribution in [1.82, 2.24) is 4.98 Å². The van der Waals surface area contributed by atoms with Crippen molar-refractivity contribution >= 4 is 28.3 Å². The molecule has 1 amide bonds. The Hall–Kier alpha value is -3.06. The average molecular weight is 356 g/mol. The number of hydrogen-bond acceptors (Lipinski definition) is 5. The molecule has 0 saturated heterocycles. The number of amides is 1. The van der Waals surface area contributed by atoms with Gasteiger partial charge < -0.3 is 4.74 Å². The Labute approximate surface area is 147 Å². The maximum absolute atomic E-state index is 13.8. The molecule has 3 aromatic rings. The van der Waals surface area contributed by atoms with E-state index in [0.717, 1.165) is 0 Å². The SMILES string of the molecule is COC(=O)c1ccc(C(=O)Nc2nc(-c3ccccc3F)cs2)cc1. The number of nitrogens with one attached hydrogen (secondary N) is 1. The fraction of sp³-hybridized carbons (Fsp3) is 0.0556. The normalized spacial score (nSPS) is 10.3. The third-order valence-electron chi connectivity index (χ3n) is 3.44. The topological polar surface area (TPSA) is 68.3 Å². The van der Waals surface area contributed by atoms with Gasteiger partial charge in [0.1, 0.15) is 5.82 Å². The minimum atomic E-state index is -0.471. The first-order valence-electron chi connectivity index (χ1n) is 7.28. The number of thiazole rings is 1. The van der Waals surface area contributed by atoms with Crippen molar-refractivity contribution in [1.29, 1.82) is 0 Å². The van der Waals surface area contributed by atoms with Crippen molar-refractivity contribution in [3.05, 3.63) is 70.9 Å². The van der Waals surface area contributed by atoms with Gasteiger partial charge >= 0.3 is 5.97 Å². The molecule has 7 heteroatoms. The molecular weight excluding hydrogens is 343 g/mol. The number of ether oxygens (including phenoxy) is 1. The Morgan fingerprint density at radius 1 is 1.08 bits per heavy atom. The molecule has 126 valence electrons. The molecule has 0 fully saturated rings. The van der Waals surface area contributed by atoms with Gasteiger partial charge in [0.05, 0.1) is 18.4 Å². The Morgan fingerprint density at radius 3 is 2.44 bits per heavy atom. The number of esters is 1. The number of hydrogen-bond donors (Lipinski definition) is 1. The molecule has 0 saturated carbocycles. The van der Waals surface area contributed by atoms with Crippen LogP contribution in [0, 0.1) is 5.82 Å². The van der Waals surface area contributed by atoms with Crippen LogP contribution in [0.4, 0.5) is 9.52 Å². The van der Waals surface area contributed by atoms with E-state index in [0.29, 0.717) is 27.5 Å². The molecule has 25 heavy (non-hydrogen) atoms. The lowest BCUT2D eigenvalue weighted by Crippen LogP contribution is -2.12. The second-order valence-corrected chi connectivity index (χ2v) is 5.90. The lowest BCUT2D eigenvalue weighted by atomic mass is 10.1. The molecule has 2 aromatic carbocycles. The summed E-state index contributed by atoms with van der Waals surface area (Å²) in [5.41, 5.74) is 1.56. The second kappa shape index (κ2) is 7.23. The molecular formula is C18H13FN2O3S. The predicted octanol–water partition coefficient (Wildman–Crippen LogP) is 3.99. The van der Waals surface area contributed by atoms with Gasteiger partial charge in [0.25, 0.3) is 5.91 Å². The maximum Gasteiger partial charge on any atom is 0.337 e. The Kier molecular flexibility index (Phi) is 4.85. The van der Waals surface area contributed by atoms with Gasteiger partial charge in [-0.2, -0.15) is 0 Å². The number of halogens is 1. The predicted molar refractivity (Wildman–Crippen MR) is 93.2 cm³/mol. The van der Waals surface area contributed by atoms with Gasteiger partial charge in [0, 0.05) is 16.5 Å². The van der Waals surface area contributed by atoms with E-state index in [2.05, 4.69) is 15.0 Å². The van der Waals surface area contributed by atoms with Crippen LogP contribution in [0.5, 0.6) is 0 Å². The molecule has 1 heterocycles. The van der Waals surface area contributed by atoms with E-state index in [1.54, 1.807) is 23.6 Å². The summed E-state index contributed by atoms with van der Waals surface area (Å²) in [5, 5.41) is 4.70. The van der Waals surface area contributed by atoms with Crippen molar-refractivity contribution in [3.8, 4) is 11.3 Å². The van der Waals surface area contributed by atoms with E-state index in [9.17, 15) is 14.0 Å². The van der Waals surface area contributed by atoms with Crippen LogP contribution >= 0.6 is 11.3 Å². The van der Waals surface area contributed by atoms with Crippen molar-refractivity contribution in [2.45, 2.75) is 0 Å². The summed E-state index contributed by atoms with van der Waals surface area (Å²) in [7, 11) is 1.29. The van der Waals surface area contributed by atoms with Gasteiger partial charge in [-0.25, -0.2) is 14.2 Å². The van der Waals surface area contributed by atoms with Crippen molar-refractivity contribution < 1.29 is 18.7 Å². The highest BCUT2D eigenvalue weighted by molar-refractivity contribution is 7.14. The molecule has 0 aliphatic carbocycles. The molecule has 0 radical (unpaired) electrons. The van der Waals surface area contributed by atoms with Crippen LogP contribution in [0.15, 0.2) is 53.9 Å². The van der Waals surface area contributed by atoms with Gasteiger partial charge in [-0.15, -0.1) is 11.3 Å². The van der Waals surface area contributed by atoms with E-state index < -0.39 is 5.97 Å². The first kappa shape index (κ1) is 16.8. The number of carbonyl (C=O) groups excluding carboxylic acids is 2. The summed E-state index contributed by atoms with van der Waals surface area (Å²) in [6.07, 6.45) is 0. The Morgan fingerprint density at radius 2 is 1.76 bits per heavy atom. The van der Waals surface area contributed by atoms with Gasteiger partial charge in [0.15, 0.2) is 5.13 Å². The smallest absolute Gasteiger partial charge is 0.337 e. The number of methoxy groups -OCH3 is 1. The molecule has 0 bridgehead atoms. The lowest BCUT2D eigenvalue weighted by molar-refractivity contribution is 0.0600. The highest BCUT2D eigenvalue weighted by atomic mass is 32.1.